The number of carbonyl (C=O) groups excluding carboxylic acids is 1. The van der Waals surface area contributed by atoms with E-state index in [0.717, 1.165) is 19.0 Å². The van der Waals surface area contributed by atoms with E-state index >= 15 is 0 Å². The first-order valence-electron chi connectivity index (χ1n) is 6.68. The molecule has 0 aromatic rings. The molecule has 1 fully saturated rings. The van der Waals surface area contributed by atoms with Crippen LogP contribution in [0.4, 0.5) is 0 Å². The van der Waals surface area contributed by atoms with Crippen molar-refractivity contribution in [3.8, 4) is 0 Å². The van der Waals surface area contributed by atoms with E-state index in [1.54, 1.807) is 0 Å². The van der Waals surface area contributed by atoms with Crippen LogP contribution in [0.25, 0.3) is 0 Å². The Morgan fingerprint density at radius 3 is 2.50 bits per heavy atom. The molecule has 1 saturated carbocycles. The number of likely N-dealkylation sites (N-methyl/N-ethyl adjacent to an activating group) is 1. The summed E-state index contributed by atoms with van der Waals surface area (Å²) in [5.41, 5.74) is 0. The van der Waals surface area contributed by atoms with E-state index in [1.165, 1.54) is 19.3 Å². The Kier molecular flexibility index (Phi) is 5.26. The third kappa shape index (κ3) is 3.48. The lowest BCUT2D eigenvalue weighted by atomic mass is 10.2. The van der Waals surface area contributed by atoms with Gasteiger partial charge in [0.25, 0.3) is 0 Å². The van der Waals surface area contributed by atoms with Gasteiger partial charge in [-0.05, 0) is 39.5 Å². The summed E-state index contributed by atoms with van der Waals surface area (Å²) in [5, 5.41) is 3.45. The molecule has 0 heterocycles. The number of hydrogen-bond donors (Lipinski definition) is 1. The minimum Gasteiger partial charge on any atom is -0.342 e. The fourth-order valence-electron chi connectivity index (χ4n) is 2.34. The van der Waals surface area contributed by atoms with E-state index in [0.29, 0.717) is 6.04 Å². The number of nitrogens with one attached hydrogen (secondary N) is 1. The summed E-state index contributed by atoms with van der Waals surface area (Å²) in [6, 6.07) is 0.571. The van der Waals surface area contributed by atoms with Gasteiger partial charge in [-0.3, -0.25) is 4.79 Å². The molecule has 3 nitrogen and oxygen atoms in total. The highest BCUT2D eigenvalue weighted by Gasteiger charge is 2.37. The summed E-state index contributed by atoms with van der Waals surface area (Å²) < 4.78 is 0. The first-order chi connectivity index (χ1) is 7.63. The molecule has 16 heavy (non-hydrogen) atoms. The van der Waals surface area contributed by atoms with Crippen molar-refractivity contribution in [2.24, 2.45) is 5.92 Å². The molecule has 0 saturated heterocycles. The molecule has 3 atom stereocenters. The smallest absolute Gasteiger partial charge is 0.239 e. The third-order valence-electron chi connectivity index (χ3n) is 3.49. The quantitative estimate of drug-likeness (QED) is 0.720. The summed E-state index contributed by atoms with van der Waals surface area (Å²) in [6.07, 6.45) is 3.80. The van der Waals surface area contributed by atoms with Crippen molar-refractivity contribution in [1.29, 1.82) is 0 Å². The summed E-state index contributed by atoms with van der Waals surface area (Å²) in [4.78, 5) is 13.9. The molecule has 0 aliphatic heterocycles. The number of rotatable bonds is 7. The molecular formula is C13H26N2O. The Labute approximate surface area is 99.6 Å². The van der Waals surface area contributed by atoms with E-state index in [9.17, 15) is 4.79 Å². The summed E-state index contributed by atoms with van der Waals surface area (Å²) >= 11 is 0. The van der Waals surface area contributed by atoms with Gasteiger partial charge in [0, 0.05) is 19.1 Å². The molecule has 3 heteroatoms. The van der Waals surface area contributed by atoms with Crippen LogP contribution < -0.4 is 5.32 Å². The molecule has 1 rings (SSSR count). The highest BCUT2D eigenvalue weighted by Crippen LogP contribution is 2.34. The fraction of sp³-hybridized carbons (Fsp3) is 0.923. The van der Waals surface area contributed by atoms with Gasteiger partial charge in [0.1, 0.15) is 0 Å². The van der Waals surface area contributed by atoms with Crippen molar-refractivity contribution < 1.29 is 4.79 Å². The molecule has 3 unspecified atom stereocenters. The van der Waals surface area contributed by atoms with Crippen LogP contribution in [0.3, 0.4) is 0 Å². The van der Waals surface area contributed by atoms with Crippen molar-refractivity contribution in [1.82, 2.24) is 10.2 Å². The van der Waals surface area contributed by atoms with Crippen molar-refractivity contribution >= 4 is 5.91 Å². The van der Waals surface area contributed by atoms with Gasteiger partial charge in [0.15, 0.2) is 0 Å². The standard InChI is InChI=1S/C13H26N2O/c1-5-8-11-9-12(11)14-10(4)13(16)15(6-2)7-3/h10-12,14H,5-9H2,1-4H3. The van der Waals surface area contributed by atoms with Crippen LogP contribution >= 0.6 is 0 Å². The Bertz CT molecular complexity index is 226. The number of nitrogens with zero attached hydrogens (tertiary/aromatic N) is 1. The van der Waals surface area contributed by atoms with Crippen LogP contribution in [-0.4, -0.2) is 36.0 Å². The molecule has 1 aliphatic rings. The Balaban J connectivity index is 2.30. The molecule has 1 N–H and O–H groups in total. The predicted molar refractivity (Wildman–Crippen MR) is 67.3 cm³/mol. The van der Waals surface area contributed by atoms with Crippen molar-refractivity contribution in [2.45, 2.75) is 59.0 Å². The fourth-order valence-corrected chi connectivity index (χ4v) is 2.34. The number of carbonyl (C=O) groups is 1. The first kappa shape index (κ1) is 13.5. The molecule has 0 bridgehead atoms. The lowest BCUT2D eigenvalue weighted by Gasteiger charge is -2.23. The van der Waals surface area contributed by atoms with Crippen LogP contribution in [0.15, 0.2) is 0 Å². The van der Waals surface area contributed by atoms with Crippen LogP contribution in [0.2, 0.25) is 0 Å². The van der Waals surface area contributed by atoms with E-state index < -0.39 is 0 Å². The van der Waals surface area contributed by atoms with E-state index in [-0.39, 0.29) is 11.9 Å². The van der Waals surface area contributed by atoms with Crippen LogP contribution in [0, 0.1) is 5.92 Å². The van der Waals surface area contributed by atoms with Gasteiger partial charge < -0.3 is 10.2 Å². The second-order valence-electron chi connectivity index (χ2n) is 4.79. The molecule has 1 amide bonds. The molecule has 94 valence electrons. The Morgan fingerprint density at radius 1 is 1.38 bits per heavy atom. The number of hydrogen-bond acceptors (Lipinski definition) is 2. The monoisotopic (exact) mass is 226 g/mol. The van der Waals surface area contributed by atoms with Gasteiger partial charge >= 0.3 is 0 Å². The lowest BCUT2D eigenvalue weighted by molar-refractivity contribution is -0.132. The van der Waals surface area contributed by atoms with Crippen LogP contribution in [0.5, 0.6) is 0 Å². The second kappa shape index (κ2) is 6.24. The lowest BCUT2D eigenvalue weighted by Crippen LogP contribution is -2.45. The molecular weight excluding hydrogens is 200 g/mol. The first-order valence-corrected chi connectivity index (χ1v) is 6.68. The maximum Gasteiger partial charge on any atom is 0.239 e. The molecule has 0 aromatic carbocycles. The second-order valence-corrected chi connectivity index (χ2v) is 4.79. The zero-order valence-electron chi connectivity index (χ0n) is 11.1. The molecule has 0 aromatic heterocycles. The Morgan fingerprint density at radius 2 is 2.00 bits per heavy atom. The van der Waals surface area contributed by atoms with Gasteiger partial charge in [0.05, 0.1) is 6.04 Å². The topological polar surface area (TPSA) is 32.3 Å². The maximum atomic E-state index is 12.0. The van der Waals surface area contributed by atoms with Crippen molar-refractivity contribution in [3.63, 3.8) is 0 Å². The Hall–Kier alpha value is -0.570. The van der Waals surface area contributed by atoms with Gasteiger partial charge in [0.2, 0.25) is 5.91 Å². The zero-order valence-corrected chi connectivity index (χ0v) is 11.1. The minimum absolute atomic E-state index is 0.0215. The van der Waals surface area contributed by atoms with E-state index in [1.807, 2.05) is 25.7 Å². The van der Waals surface area contributed by atoms with Gasteiger partial charge in [-0.1, -0.05) is 13.3 Å². The van der Waals surface area contributed by atoms with Gasteiger partial charge in [-0.2, -0.15) is 0 Å². The highest BCUT2D eigenvalue weighted by atomic mass is 16.2. The predicted octanol–water partition coefficient (Wildman–Crippen LogP) is 2.02. The summed E-state index contributed by atoms with van der Waals surface area (Å²) in [7, 11) is 0. The third-order valence-corrected chi connectivity index (χ3v) is 3.49. The normalized spacial score (nSPS) is 25.2. The zero-order chi connectivity index (χ0) is 12.1. The maximum absolute atomic E-state index is 12.0. The summed E-state index contributed by atoms with van der Waals surface area (Å²) in [5.74, 6) is 1.06. The highest BCUT2D eigenvalue weighted by molar-refractivity contribution is 5.81. The average molecular weight is 226 g/mol. The van der Waals surface area contributed by atoms with E-state index in [4.69, 9.17) is 0 Å². The van der Waals surface area contributed by atoms with Gasteiger partial charge in [-0.25, -0.2) is 0 Å². The SMILES string of the molecule is CCCC1CC1NC(C)C(=O)N(CC)CC. The van der Waals surface area contributed by atoms with Crippen molar-refractivity contribution in [2.75, 3.05) is 13.1 Å². The van der Waals surface area contributed by atoms with Crippen molar-refractivity contribution in [3.05, 3.63) is 0 Å². The van der Waals surface area contributed by atoms with Crippen LogP contribution in [-0.2, 0) is 4.79 Å². The largest absolute Gasteiger partial charge is 0.342 e. The molecule has 1 aliphatic carbocycles. The minimum atomic E-state index is -0.0215. The van der Waals surface area contributed by atoms with E-state index in [2.05, 4.69) is 12.2 Å². The summed E-state index contributed by atoms with van der Waals surface area (Å²) in [6.45, 7) is 9.90. The van der Waals surface area contributed by atoms with Gasteiger partial charge in [-0.15, -0.1) is 0 Å². The molecule has 0 radical (unpaired) electrons. The number of amides is 1. The molecule has 0 spiro atoms. The van der Waals surface area contributed by atoms with Crippen LogP contribution in [0.1, 0.15) is 47.0 Å². The average Bonchev–Trinajstić information content (AvgIpc) is 2.98.